The van der Waals surface area contributed by atoms with Crippen LogP contribution in [0.4, 0.5) is 0 Å². The van der Waals surface area contributed by atoms with Crippen LogP contribution in [-0.4, -0.2) is 23.7 Å². The number of furan rings is 1. The summed E-state index contributed by atoms with van der Waals surface area (Å²) < 4.78 is 11.8. The minimum atomic E-state index is 0.0859. The Kier molecular flexibility index (Phi) is 4.16. The van der Waals surface area contributed by atoms with E-state index in [0.29, 0.717) is 5.92 Å². The van der Waals surface area contributed by atoms with Crippen molar-refractivity contribution >= 4 is 11.8 Å². The number of nitrogens with two attached hydrogens (primary N) is 1. The number of hydrogen-bond acceptors (Lipinski definition) is 4. The number of rotatable bonds is 2. The maximum absolute atomic E-state index is 6.55. The zero-order valence-electron chi connectivity index (χ0n) is 12.5. The molecule has 0 saturated carbocycles. The lowest BCUT2D eigenvalue weighted by atomic mass is 9.77. The molecule has 4 heteroatoms. The first-order valence-electron chi connectivity index (χ1n) is 7.64. The van der Waals surface area contributed by atoms with Crippen LogP contribution in [0.1, 0.15) is 48.8 Å². The maximum atomic E-state index is 6.55. The predicted molar refractivity (Wildman–Crippen MR) is 83.1 cm³/mol. The van der Waals surface area contributed by atoms with Crippen molar-refractivity contribution in [2.45, 2.75) is 51.2 Å². The Morgan fingerprint density at radius 2 is 2.10 bits per heavy atom. The smallest absolute Gasteiger partial charge is 0.105 e. The molecular formula is C16H25NO2S. The molecule has 2 saturated heterocycles. The predicted octanol–water partition coefficient (Wildman–Crippen LogP) is 3.59. The van der Waals surface area contributed by atoms with Crippen molar-refractivity contribution in [2.24, 2.45) is 11.7 Å². The molecule has 1 spiro atoms. The molecule has 0 radical (unpaired) electrons. The van der Waals surface area contributed by atoms with Gasteiger partial charge in [-0.3, -0.25) is 0 Å². The fourth-order valence-electron chi connectivity index (χ4n) is 3.70. The molecule has 0 aliphatic carbocycles. The molecule has 2 atom stereocenters. The Labute approximate surface area is 125 Å². The number of aryl methyl sites for hydroxylation is 2. The van der Waals surface area contributed by atoms with Gasteiger partial charge in [-0.25, -0.2) is 0 Å². The van der Waals surface area contributed by atoms with Gasteiger partial charge in [-0.15, -0.1) is 0 Å². The van der Waals surface area contributed by atoms with Crippen molar-refractivity contribution < 1.29 is 9.15 Å². The van der Waals surface area contributed by atoms with Crippen LogP contribution in [-0.2, 0) is 4.74 Å². The van der Waals surface area contributed by atoms with E-state index in [4.69, 9.17) is 14.9 Å². The second-order valence-electron chi connectivity index (χ2n) is 6.29. The van der Waals surface area contributed by atoms with Crippen molar-refractivity contribution in [3.63, 3.8) is 0 Å². The molecule has 20 heavy (non-hydrogen) atoms. The number of ether oxygens (including phenoxy) is 1. The van der Waals surface area contributed by atoms with E-state index in [1.807, 2.05) is 25.6 Å². The average Bonchev–Trinajstić information content (AvgIpc) is 2.78. The van der Waals surface area contributed by atoms with Crippen LogP contribution in [0.2, 0.25) is 0 Å². The van der Waals surface area contributed by atoms with Gasteiger partial charge >= 0.3 is 0 Å². The van der Waals surface area contributed by atoms with Crippen molar-refractivity contribution in [1.82, 2.24) is 0 Å². The molecule has 3 rings (SSSR count). The van der Waals surface area contributed by atoms with E-state index >= 15 is 0 Å². The average molecular weight is 295 g/mol. The van der Waals surface area contributed by atoms with Gasteiger partial charge in [-0.05, 0) is 63.0 Å². The molecule has 3 nitrogen and oxygen atoms in total. The van der Waals surface area contributed by atoms with Gasteiger partial charge in [0.1, 0.15) is 11.5 Å². The Hall–Kier alpha value is -0.450. The van der Waals surface area contributed by atoms with Gasteiger partial charge in [-0.1, -0.05) is 0 Å². The largest absolute Gasteiger partial charge is 0.466 e. The molecule has 0 amide bonds. The summed E-state index contributed by atoms with van der Waals surface area (Å²) >= 11 is 2.05. The third-order valence-electron chi connectivity index (χ3n) is 4.88. The number of thioether (sulfide) groups is 1. The van der Waals surface area contributed by atoms with Crippen LogP contribution in [0.5, 0.6) is 0 Å². The molecule has 2 aliphatic rings. The van der Waals surface area contributed by atoms with Crippen molar-refractivity contribution in [1.29, 1.82) is 0 Å². The van der Waals surface area contributed by atoms with Gasteiger partial charge in [0.25, 0.3) is 0 Å². The summed E-state index contributed by atoms with van der Waals surface area (Å²) in [6, 6.07) is 2.20. The molecule has 1 aromatic heterocycles. The first-order valence-corrected chi connectivity index (χ1v) is 8.79. The lowest BCUT2D eigenvalue weighted by molar-refractivity contribution is -0.105. The van der Waals surface area contributed by atoms with E-state index in [9.17, 15) is 0 Å². The summed E-state index contributed by atoms with van der Waals surface area (Å²) in [4.78, 5) is 0. The number of hydrogen-bond donors (Lipinski definition) is 1. The van der Waals surface area contributed by atoms with E-state index in [2.05, 4.69) is 6.07 Å². The van der Waals surface area contributed by atoms with Gasteiger partial charge in [0.2, 0.25) is 0 Å². The van der Waals surface area contributed by atoms with Gasteiger partial charge in [0.05, 0.1) is 5.60 Å². The van der Waals surface area contributed by atoms with Crippen molar-refractivity contribution in [2.75, 3.05) is 18.1 Å². The minimum Gasteiger partial charge on any atom is -0.466 e. The van der Waals surface area contributed by atoms with Gasteiger partial charge in [-0.2, -0.15) is 11.8 Å². The normalized spacial score (nSPS) is 27.6. The van der Waals surface area contributed by atoms with Crippen LogP contribution >= 0.6 is 11.8 Å². The molecule has 3 heterocycles. The zero-order valence-corrected chi connectivity index (χ0v) is 13.3. The Bertz CT molecular complexity index is 460. The van der Waals surface area contributed by atoms with E-state index in [0.717, 1.165) is 31.0 Å². The summed E-state index contributed by atoms with van der Waals surface area (Å²) in [5.74, 6) is 4.92. The SMILES string of the molecule is Cc1cc(C(N)C2CCOC3(CCSCC3)C2)c(C)o1. The van der Waals surface area contributed by atoms with Crippen LogP contribution in [0.3, 0.4) is 0 Å². The van der Waals surface area contributed by atoms with E-state index in [-0.39, 0.29) is 11.6 Å². The Balaban J connectivity index is 1.74. The summed E-state index contributed by atoms with van der Waals surface area (Å²) in [5.41, 5.74) is 7.85. The molecule has 0 bridgehead atoms. The highest BCUT2D eigenvalue weighted by atomic mass is 32.2. The topological polar surface area (TPSA) is 48.4 Å². The van der Waals surface area contributed by atoms with Gasteiger partial charge < -0.3 is 14.9 Å². The van der Waals surface area contributed by atoms with Crippen molar-refractivity contribution in [3.05, 3.63) is 23.2 Å². The highest BCUT2D eigenvalue weighted by molar-refractivity contribution is 7.99. The van der Waals surface area contributed by atoms with E-state index < -0.39 is 0 Å². The lowest BCUT2D eigenvalue weighted by Crippen LogP contribution is -2.45. The Morgan fingerprint density at radius 3 is 2.75 bits per heavy atom. The highest BCUT2D eigenvalue weighted by Crippen LogP contribution is 2.43. The third-order valence-corrected chi connectivity index (χ3v) is 5.87. The van der Waals surface area contributed by atoms with Crippen LogP contribution in [0, 0.1) is 19.8 Å². The maximum Gasteiger partial charge on any atom is 0.105 e. The molecular weight excluding hydrogens is 270 g/mol. The highest BCUT2D eigenvalue weighted by Gasteiger charge is 2.41. The molecule has 1 aromatic rings. The summed E-state index contributed by atoms with van der Waals surface area (Å²) in [7, 11) is 0. The van der Waals surface area contributed by atoms with Gasteiger partial charge in [0, 0.05) is 18.2 Å². The monoisotopic (exact) mass is 295 g/mol. The summed E-state index contributed by atoms with van der Waals surface area (Å²) in [6.45, 7) is 4.88. The first-order chi connectivity index (χ1) is 9.60. The quantitative estimate of drug-likeness (QED) is 0.906. The first kappa shape index (κ1) is 14.5. The molecule has 112 valence electrons. The van der Waals surface area contributed by atoms with E-state index in [1.165, 1.54) is 29.9 Å². The van der Waals surface area contributed by atoms with Crippen LogP contribution in [0.25, 0.3) is 0 Å². The third kappa shape index (κ3) is 2.78. The summed E-state index contributed by atoms with van der Waals surface area (Å²) in [5, 5.41) is 0. The second-order valence-corrected chi connectivity index (χ2v) is 7.52. The zero-order chi connectivity index (χ0) is 14.2. The van der Waals surface area contributed by atoms with E-state index in [1.54, 1.807) is 0 Å². The minimum absolute atomic E-state index is 0.0859. The lowest BCUT2D eigenvalue weighted by Gasteiger charge is -2.44. The molecule has 0 aromatic carbocycles. The second kappa shape index (κ2) is 5.74. The van der Waals surface area contributed by atoms with Gasteiger partial charge in [0.15, 0.2) is 0 Å². The molecule has 2 unspecified atom stereocenters. The molecule has 2 fully saturated rings. The standard InChI is InChI=1S/C16H25NO2S/c1-11-9-14(12(2)19-11)15(17)13-3-6-18-16(10-13)4-7-20-8-5-16/h9,13,15H,3-8,10,17H2,1-2H3. The fourth-order valence-corrected chi connectivity index (χ4v) is 4.94. The molecule has 2 aliphatic heterocycles. The molecule has 2 N–H and O–H groups in total. The summed E-state index contributed by atoms with van der Waals surface area (Å²) in [6.07, 6.45) is 4.55. The van der Waals surface area contributed by atoms with Crippen LogP contribution < -0.4 is 5.73 Å². The van der Waals surface area contributed by atoms with Crippen molar-refractivity contribution in [3.8, 4) is 0 Å². The fraction of sp³-hybridized carbons (Fsp3) is 0.750. The van der Waals surface area contributed by atoms with Crippen LogP contribution in [0.15, 0.2) is 10.5 Å². The Morgan fingerprint density at radius 1 is 1.35 bits per heavy atom.